The molecule has 2 amide bonds. The van der Waals surface area contributed by atoms with Crippen molar-refractivity contribution in [1.82, 2.24) is 5.32 Å². The highest BCUT2D eigenvalue weighted by atomic mass is 35.5. The summed E-state index contributed by atoms with van der Waals surface area (Å²) >= 11 is 11.9. The first kappa shape index (κ1) is 56.6. The molecule has 21 heteroatoms. The van der Waals surface area contributed by atoms with Crippen LogP contribution in [-0.2, 0) is 33.1 Å². The van der Waals surface area contributed by atoms with E-state index in [2.05, 4.69) is 5.32 Å². The number of nitriles is 2. The summed E-state index contributed by atoms with van der Waals surface area (Å²) in [5, 5.41) is 50.8. The van der Waals surface area contributed by atoms with Crippen LogP contribution in [0.2, 0.25) is 10.0 Å². The van der Waals surface area contributed by atoms with Gasteiger partial charge in [0.15, 0.2) is 0 Å². The summed E-state index contributed by atoms with van der Waals surface area (Å²) in [6.45, 7) is -0.363. The number of hydrogen-bond donors (Lipinski definition) is 4. The van der Waals surface area contributed by atoms with Gasteiger partial charge in [-0.25, -0.2) is 25.6 Å². The summed E-state index contributed by atoms with van der Waals surface area (Å²) in [5.74, 6) is -3.46. The summed E-state index contributed by atoms with van der Waals surface area (Å²) in [7, 11) is -8.55. The number of nitrogens with zero attached hydrogens (tertiary/aromatic N) is 5. The molecule has 7 aromatic carbocycles. The maximum Gasteiger partial charge on any atom is 0.264 e. The highest BCUT2D eigenvalue weighted by molar-refractivity contribution is 7.93. The molecule has 0 bridgehead atoms. The van der Waals surface area contributed by atoms with Crippen molar-refractivity contribution in [2.24, 2.45) is 0 Å². The molecule has 7 aromatic rings. The maximum atomic E-state index is 15.2. The first-order valence-corrected chi connectivity index (χ1v) is 26.1. The van der Waals surface area contributed by atoms with Crippen molar-refractivity contribution in [3.05, 3.63) is 219 Å². The van der Waals surface area contributed by atoms with Crippen molar-refractivity contribution in [2.75, 3.05) is 33.3 Å². The third kappa shape index (κ3) is 13.9. The Morgan fingerprint density at radius 1 is 0.573 bits per heavy atom. The zero-order chi connectivity index (χ0) is 54.5. The van der Waals surface area contributed by atoms with Gasteiger partial charge in [-0.1, -0.05) is 77.8 Å². The summed E-state index contributed by atoms with van der Waals surface area (Å²) in [4.78, 5) is 27.0. The minimum atomic E-state index is -4.33. The maximum absolute atomic E-state index is 15.2. The van der Waals surface area contributed by atoms with E-state index in [9.17, 15) is 56.7 Å². The molecular formula is C54H46Cl2F2N6O9S2. The van der Waals surface area contributed by atoms with Crippen LogP contribution in [0.4, 0.5) is 25.8 Å². The summed E-state index contributed by atoms with van der Waals surface area (Å²) in [5.41, 5.74) is 0.904. The number of sulfonamides is 2. The van der Waals surface area contributed by atoms with Crippen LogP contribution in [0.5, 0.6) is 0 Å². The van der Waals surface area contributed by atoms with Gasteiger partial charge in [0.1, 0.15) is 11.6 Å². The zero-order valence-electron chi connectivity index (χ0n) is 39.6. The third-order valence-electron chi connectivity index (χ3n) is 11.2. The van der Waals surface area contributed by atoms with Gasteiger partial charge in [-0.05, 0) is 127 Å². The van der Waals surface area contributed by atoms with Crippen LogP contribution in [-0.4, -0.2) is 75.9 Å². The van der Waals surface area contributed by atoms with E-state index < -0.39 is 74.4 Å². The molecule has 0 aromatic heterocycles. The second kappa shape index (κ2) is 25.5. The van der Waals surface area contributed by atoms with E-state index in [1.54, 1.807) is 85.8 Å². The molecule has 0 saturated carbocycles. The molecule has 0 fully saturated rings. The van der Waals surface area contributed by atoms with Crippen LogP contribution in [0, 0.1) is 34.3 Å². The highest BCUT2D eigenvalue weighted by Gasteiger charge is 2.32. The van der Waals surface area contributed by atoms with Gasteiger partial charge in [0.2, 0.25) is 0 Å². The largest absolute Gasteiger partial charge is 0.394 e. The first-order chi connectivity index (χ1) is 35.8. The van der Waals surface area contributed by atoms with Gasteiger partial charge in [0.05, 0.1) is 94.5 Å². The lowest BCUT2D eigenvalue weighted by atomic mass is 10.1. The lowest BCUT2D eigenvalue weighted by Crippen LogP contribution is -2.45. The molecule has 1 unspecified atom stereocenters. The van der Waals surface area contributed by atoms with Crippen LogP contribution in [0.15, 0.2) is 174 Å². The van der Waals surface area contributed by atoms with Gasteiger partial charge in [-0.2, -0.15) is 10.5 Å². The number of carbonyl (C=O) groups excluding carboxylic acids is 2. The normalized spacial score (nSPS) is 11.6. The fourth-order valence-corrected chi connectivity index (χ4v) is 10.5. The predicted molar refractivity (Wildman–Crippen MR) is 280 cm³/mol. The molecule has 7 rings (SSSR count). The molecule has 0 heterocycles. The number of aliphatic hydroxyl groups excluding tert-OH is 3. The lowest BCUT2D eigenvalue weighted by Gasteiger charge is -2.30. The average Bonchev–Trinajstić information content (AvgIpc) is 3.42. The Balaban J connectivity index is 0.000000248. The summed E-state index contributed by atoms with van der Waals surface area (Å²) < 4.78 is 86.9. The molecule has 0 aliphatic heterocycles. The predicted octanol–water partition coefficient (Wildman–Crippen LogP) is 8.60. The standard InChI is InChI=1S/C30H25ClFN3O5S.C24H21ClFN3O4S/c31-23-11-9-21(10-12-23)18-34(41(39,40)27-8-4-5-22(15-27)17-33)25-13-14-29(32)28(16-25)30(38)35(26(19-36)20-37)24-6-2-1-3-7-24;1-16(15-30)28-24(31)22-12-20(9-10-23(22)26)29(14-17-5-7-19(25)8-6-17)34(32,33)21-4-2-3-18(11-21)13-27/h1-16,26,36-37H,18-20H2;2-12,16,30H,14-15H2,1H3,(H,28,31). The van der Waals surface area contributed by atoms with E-state index >= 15 is 4.39 Å². The molecule has 0 spiro atoms. The smallest absolute Gasteiger partial charge is 0.264 e. The molecule has 15 nitrogen and oxygen atoms in total. The van der Waals surface area contributed by atoms with Crippen molar-refractivity contribution in [1.29, 1.82) is 10.5 Å². The Labute approximate surface area is 442 Å². The Bertz CT molecular complexity index is 3470. The van der Waals surface area contributed by atoms with Gasteiger partial charge in [-0.3, -0.25) is 18.2 Å². The Morgan fingerprint density at radius 3 is 1.44 bits per heavy atom. The molecular weight excluding hydrogens is 1050 g/mol. The lowest BCUT2D eigenvalue weighted by molar-refractivity contribution is 0.0916. The van der Waals surface area contributed by atoms with E-state index in [1.807, 2.05) is 12.1 Å². The molecule has 0 saturated heterocycles. The average molecular weight is 1100 g/mol. The fraction of sp³-hybridized carbons (Fsp3) is 0.148. The van der Waals surface area contributed by atoms with Crippen molar-refractivity contribution in [2.45, 2.75) is 41.9 Å². The number of aliphatic hydroxyl groups is 3. The first-order valence-electron chi connectivity index (χ1n) is 22.5. The second-order valence-electron chi connectivity index (χ2n) is 16.5. The van der Waals surface area contributed by atoms with Crippen molar-refractivity contribution in [3.8, 4) is 12.1 Å². The van der Waals surface area contributed by atoms with E-state index in [4.69, 9.17) is 23.2 Å². The van der Waals surface area contributed by atoms with Crippen LogP contribution < -0.4 is 18.8 Å². The van der Waals surface area contributed by atoms with E-state index in [0.29, 0.717) is 26.9 Å². The minimum absolute atomic E-state index is 0.0235. The minimum Gasteiger partial charge on any atom is -0.394 e. The molecule has 386 valence electrons. The van der Waals surface area contributed by atoms with Gasteiger partial charge in [0, 0.05) is 21.8 Å². The number of para-hydroxylation sites is 1. The monoisotopic (exact) mass is 1090 g/mol. The number of anilines is 3. The molecule has 0 aliphatic carbocycles. The number of amides is 2. The second-order valence-corrected chi connectivity index (χ2v) is 21.1. The topological polar surface area (TPSA) is 232 Å². The van der Waals surface area contributed by atoms with Gasteiger partial charge in [-0.15, -0.1) is 0 Å². The van der Waals surface area contributed by atoms with Crippen LogP contribution in [0.3, 0.4) is 0 Å². The van der Waals surface area contributed by atoms with Gasteiger partial charge in [0.25, 0.3) is 31.9 Å². The van der Waals surface area contributed by atoms with Crippen molar-refractivity contribution in [3.63, 3.8) is 0 Å². The number of benzene rings is 7. The fourth-order valence-electron chi connectivity index (χ4n) is 7.30. The molecule has 1 atom stereocenters. The SMILES string of the molecule is CC(CO)NC(=O)c1cc(N(Cc2ccc(Cl)cc2)S(=O)(=O)c2cccc(C#N)c2)ccc1F.N#Cc1cccc(S(=O)(=O)N(Cc2ccc(Cl)cc2)c2ccc(F)c(C(=O)N(c3ccccc3)C(CO)CO)c2)c1. The zero-order valence-corrected chi connectivity index (χ0v) is 42.8. The molecule has 0 radical (unpaired) electrons. The summed E-state index contributed by atoms with van der Waals surface area (Å²) in [6.07, 6.45) is 0. The van der Waals surface area contributed by atoms with Crippen LogP contribution in [0.25, 0.3) is 0 Å². The number of halogens is 4. The number of hydrogen-bond acceptors (Lipinski definition) is 11. The number of carbonyl (C=O) groups is 2. The van der Waals surface area contributed by atoms with E-state index in [1.165, 1.54) is 60.7 Å². The Morgan fingerprint density at radius 2 is 1.01 bits per heavy atom. The van der Waals surface area contributed by atoms with Crippen LogP contribution >= 0.6 is 23.2 Å². The summed E-state index contributed by atoms with van der Waals surface area (Å²) in [6, 6.07) is 40.9. The Hall–Kier alpha value is -7.72. The van der Waals surface area contributed by atoms with E-state index in [0.717, 1.165) is 37.8 Å². The van der Waals surface area contributed by atoms with Crippen molar-refractivity contribution < 1.29 is 50.5 Å². The quantitative estimate of drug-likeness (QED) is 0.0635. The third-order valence-corrected chi connectivity index (χ3v) is 15.3. The molecule has 75 heavy (non-hydrogen) atoms. The molecule has 4 N–H and O–H groups in total. The highest BCUT2D eigenvalue weighted by Crippen LogP contribution is 2.32. The molecule has 0 aliphatic rings. The van der Waals surface area contributed by atoms with Gasteiger partial charge >= 0.3 is 0 Å². The number of rotatable bonds is 18. The number of nitrogens with one attached hydrogen (secondary N) is 1. The van der Waals surface area contributed by atoms with Gasteiger partial charge < -0.3 is 25.5 Å². The van der Waals surface area contributed by atoms with Crippen LogP contribution in [0.1, 0.15) is 49.9 Å². The van der Waals surface area contributed by atoms with Crippen molar-refractivity contribution >= 4 is 72.1 Å². The van der Waals surface area contributed by atoms with E-state index in [-0.39, 0.29) is 57.6 Å². The Kier molecular flexibility index (Phi) is 19.2.